The first-order valence-corrected chi connectivity index (χ1v) is 7.60. The maximum atomic E-state index is 12.1. The van der Waals surface area contributed by atoms with Gasteiger partial charge in [0.1, 0.15) is 17.2 Å². The summed E-state index contributed by atoms with van der Waals surface area (Å²) in [4.78, 5) is 12.1. The molecule has 0 fully saturated rings. The van der Waals surface area contributed by atoms with Gasteiger partial charge in [0.15, 0.2) is 0 Å². The lowest BCUT2D eigenvalue weighted by atomic mass is 10.2. The number of methoxy groups -OCH3 is 2. The summed E-state index contributed by atoms with van der Waals surface area (Å²) in [5.41, 5.74) is 1.44. The van der Waals surface area contributed by atoms with Crippen molar-refractivity contribution in [2.45, 2.75) is 6.92 Å². The number of carbonyl (C=O) groups excluding carboxylic acids is 1. The molecule has 1 amide bonds. The van der Waals surface area contributed by atoms with Crippen LogP contribution in [0.15, 0.2) is 48.5 Å². The van der Waals surface area contributed by atoms with Gasteiger partial charge in [-0.15, -0.1) is 0 Å². The van der Waals surface area contributed by atoms with E-state index in [9.17, 15) is 4.79 Å². The first-order valence-electron chi connectivity index (χ1n) is 7.60. The first-order chi connectivity index (χ1) is 11.7. The second kappa shape index (κ2) is 8.62. The van der Waals surface area contributed by atoms with Gasteiger partial charge in [-0.25, -0.2) is 0 Å². The number of ether oxygens (including phenoxy) is 3. The quantitative estimate of drug-likeness (QED) is 0.787. The third-order valence-corrected chi connectivity index (χ3v) is 3.25. The van der Waals surface area contributed by atoms with E-state index in [4.69, 9.17) is 14.2 Å². The highest BCUT2D eigenvalue weighted by molar-refractivity contribution is 6.02. The zero-order chi connectivity index (χ0) is 17.4. The lowest BCUT2D eigenvalue weighted by Gasteiger charge is -2.09. The number of hydrogen-bond donors (Lipinski definition) is 1. The van der Waals surface area contributed by atoms with Gasteiger partial charge < -0.3 is 19.5 Å². The maximum absolute atomic E-state index is 12.1. The van der Waals surface area contributed by atoms with Crippen LogP contribution in [-0.2, 0) is 4.79 Å². The van der Waals surface area contributed by atoms with Crippen molar-refractivity contribution in [3.8, 4) is 17.2 Å². The third kappa shape index (κ3) is 4.78. The molecule has 0 bridgehead atoms. The van der Waals surface area contributed by atoms with Gasteiger partial charge >= 0.3 is 0 Å². The minimum atomic E-state index is -0.246. The Morgan fingerprint density at radius 3 is 2.38 bits per heavy atom. The van der Waals surface area contributed by atoms with Gasteiger partial charge in [-0.1, -0.05) is 12.1 Å². The summed E-state index contributed by atoms with van der Waals surface area (Å²) in [5, 5.41) is 2.81. The summed E-state index contributed by atoms with van der Waals surface area (Å²) < 4.78 is 15.9. The van der Waals surface area contributed by atoms with E-state index in [1.54, 1.807) is 32.4 Å². The van der Waals surface area contributed by atoms with Gasteiger partial charge in [-0.05, 0) is 42.8 Å². The summed E-state index contributed by atoms with van der Waals surface area (Å²) >= 11 is 0. The number of anilines is 1. The van der Waals surface area contributed by atoms with Gasteiger partial charge in [0.25, 0.3) is 0 Å². The zero-order valence-corrected chi connectivity index (χ0v) is 14.0. The minimum absolute atomic E-state index is 0.246. The van der Waals surface area contributed by atoms with Gasteiger partial charge in [0.2, 0.25) is 5.91 Å². The van der Waals surface area contributed by atoms with Crippen molar-refractivity contribution in [3.63, 3.8) is 0 Å². The topological polar surface area (TPSA) is 56.8 Å². The Labute approximate surface area is 141 Å². The molecule has 0 radical (unpaired) electrons. The van der Waals surface area contributed by atoms with Crippen LogP contribution in [0, 0.1) is 0 Å². The average molecular weight is 327 g/mol. The molecule has 0 saturated heterocycles. The van der Waals surface area contributed by atoms with Gasteiger partial charge in [-0.3, -0.25) is 4.79 Å². The van der Waals surface area contributed by atoms with Crippen LogP contribution >= 0.6 is 0 Å². The Morgan fingerprint density at radius 1 is 1.08 bits per heavy atom. The van der Waals surface area contributed by atoms with Crippen LogP contribution in [0.25, 0.3) is 6.08 Å². The van der Waals surface area contributed by atoms with Crippen LogP contribution in [-0.4, -0.2) is 26.7 Å². The molecule has 0 aliphatic carbocycles. The Balaban J connectivity index is 2.11. The molecule has 24 heavy (non-hydrogen) atoms. The van der Waals surface area contributed by atoms with Crippen LogP contribution in [0.1, 0.15) is 12.5 Å². The lowest BCUT2D eigenvalue weighted by molar-refractivity contribution is -0.111. The van der Waals surface area contributed by atoms with Crippen LogP contribution < -0.4 is 19.5 Å². The molecule has 0 aliphatic heterocycles. The Bertz CT molecular complexity index is 703. The summed E-state index contributed by atoms with van der Waals surface area (Å²) in [7, 11) is 3.17. The summed E-state index contributed by atoms with van der Waals surface area (Å²) in [6.07, 6.45) is 3.15. The second-order valence-corrected chi connectivity index (χ2v) is 4.90. The highest BCUT2D eigenvalue weighted by Gasteiger charge is 2.05. The molecule has 0 aliphatic rings. The molecule has 2 aromatic carbocycles. The van der Waals surface area contributed by atoms with Gasteiger partial charge in [0.05, 0.1) is 26.5 Å². The van der Waals surface area contributed by atoms with Crippen LogP contribution in [0.4, 0.5) is 5.69 Å². The average Bonchev–Trinajstić information content (AvgIpc) is 2.61. The lowest BCUT2D eigenvalue weighted by Crippen LogP contribution is -2.09. The SMILES string of the molecule is CCOc1ccccc1NC(=O)/C=C/c1cc(OC)cc(OC)c1. The number of nitrogens with one attached hydrogen (secondary N) is 1. The van der Waals surface area contributed by atoms with E-state index in [0.717, 1.165) is 5.56 Å². The van der Waals surface area contributed by atoms with Crippen molar-refractivity contribution < 1.29 is 19.0 Å². The monoisotopic (exact) mass is 327 g/mol. The van der Waals surface area contributed by atoms with Crippen molar-refractivity contribution >= 4 is 17.7 Å². The van der Waals surface area contributed by atoms with Crippen molar-refractivity contribution in [1.29, 1.82) is 0 Å². The molecule has 0 atom stereocenters. The molecule has 5 nitrogen and oxygen atoms in total. The molecule has 2 rings (SSSR count). The largest absolute Gasteiger partial charge is 0.497 e. The number of rotatable bonds is 7. The number of carbonyl (C=O) groups is 1. The molecule has 5 heteroatoms. The van der Waals surface area contributed by atoms with E-state index in [1.807, 2.05) is 37.3 Å². The summed E-state index contributed by atoms with van der Waals surface area (Å²) in [6, 6.07) is 12.7. The number of para-hydroxylation sites is 2. The van der Waals surface area contributed by atoms with E-state index in [0.29, 0.717) is 29.5 Å². The fraction of sp³-hybridized carbons (Fsp3) is 0.211. The molecule has 0 unspecified atom stereocenters. The molecule has 126 valence electrons. The molecular weight excluding hydrogens is 306 g/mol. The van der Waals surface area contributed by atoms with E-state index < -0.39 is 0 Å². The number of benzene rings is 2. The van der Waals surface area contributed by atoms with Crippen molar-refractivity contribution in [2.24, 2.45) is 0 Å². The zero-order valence-electron chi connectivity index (χ0n) is 14.0. The Morgan fingerprint density at radius 2 is 1.75 bits per heavy atom. The van der Waals surface area contributed by atoms with E-state index >= 15 is 0 Å². The highest BCUT2D eigenvalue weighted by atomic mass is 16.5. The Hall–Kier alpha value is -2.95. The number of amides is 1. The molecule has 0 aromatic heterocycles. The predicted molar refractivity (Wildman–Crippen MR) is 94.8 cm³/mol. The van der Waals surface area contributed by atoms with E-state index in [2.05, 4.69) is 5.32 Å². The molecule has 0 heterocycles. The predicted octanol–water partition coefficient (Wildman–Crippen LogP) is 3.75. The van der Waals surface area contributed by atoms with Crippen molar-refractivity contribution in [3.05, 3.63) is 54.1 Å². The fourth-order valence-corrected chi connectivity index (χ4v) is 2.12. The molecule has 0 spiro atoms. The van der Waals surface area contributed by atoms with E-state index in [1.165, 1.54) is 6.08 Å². The molecule has 1 N–H and O–H groups in total. The summed E-state index contributed by atoms with van der Waals surface area (Å²) in [6.45, 7) is 2.43. The Kier molecular flexibility index (Phi) is 6.25. The van der Waals surface area contributed by atoms with Crippen molar-refractivity contribution in [2.75, 3.05) is 26.1 Å². The van der Waals surface area contributed by atoms with E-state index in [-0.39, 0.29) is 5.91 Å². The summed E-state index contributed by atoms with van der Waals surface area (Å²) in [5.74, 6) is 1.72. The minimum Gasteiger partial charge on any atom is -0.497 e. The first kappa shape index (κ1) is 17.4. The van der Waals surface area contributed by atoms with Crippen LogP contribution in [0.2, 0.25) is 0 Å². The molecule has 2 aromatic rings. The third-order valence-electron chi connectivity index (χ3n) is 3.25. The van der Waals surface area contributed by atoms with Gasteiger partial charge in [0, 0.05) is 12.1 Å². The smallest absolute Gasteiger partial charge is 0.248 e. The van der Waals surface area contributed by atoms with Gasteiger partial charge in [-0.2, -0.15) is 0 Å². The standard InChI is InChI=1S/C19H21NO4/c1-4-24-18-8-6-5-7-17(18)20-19(21)10-9-14-11-15(22-2)13-16(12-14)23-3/h5-13H,4H2,1-3H3,(H,20,21)/b10-9+. The number of hydrogen-bond acceptors (Lipinski definition) is 4. The van der Waals surface area contributed by atoms with Crippen LogP contribution in [0.3, 0.4) is 0 Å². The highest BCUT2D eigenvalue weighted by Crippen LogP contribution is 2.25. The van der Waals surface area contributed by atoms with Crippen LogP contribution in [0.5, 0.6) is 17.2 Å². The second-order valence-electron chi connectivity index (χ2n) is 4.90. The molecule has 0 saturated carbocycles. The van der Waals surface area contributed by atoms with Crippen molar-refractivity contribution in [1.82, 2.24) is 0 Å². The molecular formula is C19H21NO4. The fourth-order valence-electron chi connectivity index (χ4n) is 2.12. The normalized spacial score (nSPS) is 10.5. The maximum Gasteiger partial charge on any atom is 0.248 e.